The number of benzene rings is 2. The van der Waals surface area contributed by atoms with Crippen LogP contribution in [0, 0.1) is 85.4 Å². The van der Waals surface area contributed by atoms with Crippen molar-refractivity contribution in [1.82, 2.24) is 0 Å². The molecule has 0 aromatic heterocycles. The Bertz CT molecular complexity index is 1730. The molecule has 1 nitrogen and oxygen atoms in total. The summed E-state index contributed by atoms with van der Waals surface area (Å²) >= 11 is -0.826. The molecule has 5 aliphatic rings. The molecule has 2 aromatic rings. The summed E-state index contributed by atoms with van der Waals surface area (Å²) in [5.41, 5.74) is 10.1. The molecule has 0 heterocycles. The van der Waals surface area contributed by atoms with Crippen LogP contribution < -0.4 is 0 Å². The number of hydrogen-bond acceptors (Lipinski definition) is 1. The summed E-state index contributed by atoms with van der Waals surface area (Å²) in [7, 11) is 11.9. The van der Waals surface area contributed by atoms with Gasteiger partial charge in [0, 0.05) is 13.0 Å². The summed E-state index contributed by atoms with van der Waals surface area (Å²) in [6, 6.07) is 15.8. The molecular formula is C59H96Cl2OZr. The standard InChI is InChI=1S/C57H90O.2CH3.2ClH.Zr/c1-33-22-47-45(28-35-20-19-21-42(35)50(47)36-24-38(53(3,4)5)29-39(25-36)54(6,7)8)43(33)31-44-34(2)23-48-46(44)32-49(57(15,16)17)52(58-18)51(48)37-26-40(55(9,10)11)30-41(27-37)56(12,13)14;;;;;/h24-27,29-30,33-35,42-52H,19-23,28,31-32H2,1-18H3;2*1H3;2*1H;/q;2*-1;;;+4/p-2. The molecule has 63 heavy (non-hydrogen) atoms. The Balaban J connectivity index is 0.00000169. The number of hydrogen-bond donors (Lipinski definition) is 0. The number of fused-ring (bicyclic) bond motifs is 3. The van der Waals surface area contributed by atoms with Gasteiger partial charge in [0.1, 0.15) is 0 Å². The van der Waals surface area contributed by atoms with E-state index in [9.17, 15) is 0 Å². The van der Waals surface area contributed by atoms with Gasteiger partial charge in [0.25, 0.3) is 0 Å². The van der Waals surface area contributed by atoms with Crippen LogP contribution in [0.15, 0.2) is 36.4 Å². The van der Waals surface area contributed by atoms with Gasteiger partial charge in [-0.3, -0.25) is 0 Å². The van der Waals surface area contributed by atoms with Crippen molar-refractivity contribution in [1.29, 1.82) is 0 Å². The monoisotopic (exact) mass is 981 g/mol. The Morgan fingerprint density at radius 3 is 1.29 bits per heavy atom. The van der Waals surface area contributed by atoms with Crippen molar-refractivity contribution in [3.63, 3.8) is 0 Å². The third-order valence-corrected chi connectivity index (χ3v) is 18.0. The first-order chi connectivity index (χ1) is 28.1. The first kappa shape index (κ1) is 55.5. The second-order valence-corrected chi connectivity index (χ2v) is 30.7. The summed E-state index contributed by atoms with van der Waals surface area (Å²) in [6.45, 7) is 42.0. The van der Waals surface area contributed by atoms with Gasteiger partial charge >= 0.3 is 37.9 Å². The third kappa shape index (κ3) is 11.7. The van der Waals surface area contributed by atoms with Crippen molar-refractivity contribution in [3.8, 4) is 0 Å². The van der Waals surface area contributed by atoms with Gasteiger partial charge in [0.15, 0.2) is 0 Å². The van der Waals surface area contributed by atoms with Crippen molar-refractivity contribution >= 4 is 17.0 Å². The predicted molar refractivity (Wildman–Crippen MR) is 275 cm³/mol. The molecule has 14 atom stereocenters. The van der Waals surface area contributed by atoms with Crippen LogP contribution >= 0.6 is 17.0 Å². The van der Waals surface area contributed by atoms with E-state index >= 15 is 0 Å². The van der Waals surface area contributed by atoms with E-state index < -0.39 is 20.8 Å². The zero-order valence-electron chi connectivity index (χ0n) is 44.4. The molecule has 7 rings (SSSR count). The maximum atomic E-state index is 6.80. The summed E-state index contributed by atoms with van der Waals surface area (Å²) in [5.74, 6) is 9.96. The molecule has 4 heteroatoms. The third-order valence-electron chi connectivity index (χ3n) is 18.0. The summed E-state index contributed by atoms with van der Waals surface area (Å²) < 4.78 is 6.80. The van der Waals surface area contributed by atoms with Gasteiger partial charge in [0.05, 0.1) is 6.10 Å². The van der Waals surface area contributed by atoms with E-state index in [-0.39, 0.29) is 48.0 Å². The van der Waals surface area contributed by atoms with Crippen molar-refractivity contribution < 1.29 is 25.6 Å². The molecule has 5 saturated carbocycles. The Hall–Kier alpha value is -0.137. The molecule has 2 aromatic carbocycles. The first-order valence-electron chi connectivity index (χ1n) is 24.9. The Morgan fingerprint density at radius 1 is 0.524 bits per heavy atom. The van der Waals surface area contributed by atoms with E-state index in [0.29, 0.717) is 17.8 Å². The summed E-state index contributed by atoms with van der Waals surface area (Å²) in [4.78, 5) is 0. The molecular weight excluding hydrogens is 887 g/mol. The van der Waals surface area contributed by atoms with Crippen molar-refractivity contribution in [2.24, 2.45) is 70.5 Å². The van der Waals surface area contributed by atoms with Gasteiger partial charge in [-0.25, -0.2) is 0 Å². The molecule has 5 aliphatic carbocycles. The molecule has 0 spiro atoms. The molecule has 0 N–H and O–H groups in total. The Labute approximate surface area is 410 Å². The number of methoxy groups -OCH3 is 1. The van der Waals surface area contributed by atoms with Crippen LogP contribution in [0.2, 0.25) is 0 Å². The van der Waals surface area contributed by atoms with E-state index in [4.69, 9.17) is 21.8 Å². The van der Waals surface area contributed by atoms with Crippen LogP contribution in [0.3, 0.4) is 0 Å². The average Bonchev–Trinajstić information content (AvgIpc) is 3.82. The minimum atomic E-state index is -0.826. The van der Waals surface area contributed by atoms with Crippen LogP contribution in [0.25, 0.3) is 0 Å². The van der Waals surface area contributed by atoms with E-state index in [0.717, 1.165) is 59.2 Å². The zero-order valence-corrected chi connectivity index (χ0v) is 48.3. The molecule has 0 radical (unpaired) electrons. The fourth-order valence-corrected chi connectivity index (χ4v) is 14.6. The molecule has 0 aliphatic heterocycles. The van der Waals surface area contributed by atoms with Gasteiger partial charge in [-0.2, -0.15) is 0 Å². The second-order valence-electron chi connectivity index (χ2n) is 27.0. The van der Waals surface area contributed by atoms with Gasteiger partial charge in [-0.05, 0) is 170 Å². The molecule has 0 saturated heterocycles. The quantitative estimate of drug-likeness (QED) is 0.271. The zero-order chi connectivity index (χ0) is 45.4. The molecule has 5 fully saturated rings. The number of rotatable bonds is 5. The predicted octanol–water partition coefficient (Wildman–Crippen LogP) is 18.1. The molecule has 14 unspecified atom stereocenters. The molecule has 0 bridgehead atoms. The van der Waals surface area contributed by atoms with Crippen LogP contribution in [-0.2, 0) is 47.2 Å². The van der Waals surface area contributed by atoms with Gasteiger partial charge < -0.3 is 19.6 Å². The van der Waals surface area contributed by atoms with Crippen LogP contribution in [0.4, 0.5) is 0 Å². The van der Waals surface area contributed by atoms with E-state index in [1.165, 1.54) is 62.5 Å². The Morgan fingerprint density at radius 2 is 0.905 bits per heavy atom. The van der Waals surface area contributed by atoms with E-state index in [1.807, 2.05) is 7.11 Å². The van der Waals surface area contributed by atoms with Crippen LogP contribution in [0.1, 0.15) is 214 Å². The molecule has 356 valence electrons. The maximum absolute atomic E-state index is 6.80. The van der Waals surface area contributed by atoms with E-state index in [1.54, 1.807) is 22.3 Å². The minimum absolute atomic E-state index is 0. The van der Waals surface area contributed by atoms with Crippen molar-refractivity contribution in [2.45, 2.75) is 209 Å². The van der Waals surface area contributed by atoms with Crippen molar-refractivity contribution in [3.05, 3.63) is 84.6 Å². The van der Waals surface area contributed by atoms with Gasteiger partial charge in [-0.15, -0.1) is 0 Å². The van der Waals surface area contributed by atoms with Crippen molar-refractivity contribution in [2.75, 3.05) is 7.11 Å². The van der Waals surface area contributed by atoms with Gasteiger partial charge in [-0.1, -0.05) is 167 Å². The fourth-order valence-electron chi connectivity index (χ4n) is 14.6. The summed E-state index contributed by atoms with van der Waals surface area (Å²) in [5, 5.41) is 0. The van der Waals surface area contributed by atoms with Crippen LogP contribution in [0.5, 0.6) is 0 Å². The fraction of sp³-hybridized carbons (Fsp3) is 0.763. The average molecular weight is 984 g/mol. The van der Waals surface area contributed by atoms with E-state index in [2.05, 4.69) is 154 Å². The normalized spacial score (nSPS) is 34.3. The number of halogens is 2. The van der Waals surface area contributed by atoms with Crippen LogP contribution in [-0.4, -0.2) is 13.2 Å². The Kier molecular flexibility index (Phi) is 18.0. The summed E-state index contributed by atoms with van der Waals surface area (Å²) in [6.07, 6.45) is 11.7. The van der Waals surface area contributed by atoms with Gasteiger partial charge in [0.2, 0.25) is 0 Å². The topological polar surface area (TPSA) is 9.23 Å². The first-order valence-corrected chi connectivity index (χ1v) is 31.2. The molecule has 0 amide bonds. The second kappa shape index (κ2) is 20.4. The SMILES string of the molecule is COC1C(c2cc(C(C)(C)C)cc(C(C)(C)C)c2)C2CC(C)C(CC3C(C)CC4C3CC3CCCC3C4c3cc(C(C)(C)C)cc(C(C)(C)C)c3)C2CC1C(C)(C)C.[CH3-].[CH3-].[Cl][Zr+2][Cl]. The number of ether oxygens (including phenoxy) is 1.